The van der Waals surface area contributed by atoms with Crippen molar-refractivity contribution in [3.63, 3.8) is 0 Å². The predicted octanol–water partition coefficient (Wildman–Crippen LogP) is 2.72. The van der Waals surface area contributed by atoms with E-state index in [2.05, 4.69) is 0 Å². The average molecular weight is 301 g/mol. The molecular formula is C17H19NO4. The smallest absolute Gasteiger partial charge is 0.335 e. The van der Waals surface area contributed by atoms with Crippen LogP contribution in [0.5, 0.6) is 0 Å². The van der Waals surface area contributed by atoms with Gasteiger partial charge in [0.1, 0.15) is 0 Å². The van der Waals surface area contributed by atoms with Gasteiger partial charge in [-0.3, -0.25) is 4.79 Å². The summed E-state index contributed by atoms with van der Waals surface area (Å²) in [6.45, 7) is 1.98. The molecule has 0 radical (unpaired) electrons. The summed E-state index contributed by atoms with van der Waals surface area (Å²) in [5.41, 5.74) is 7.17. The van der Waals surface area contributed by atoms with Crippen molar-refractivity contribution in [2.45, 2.75) is 19.4 Å². The first-order chi connectivity index (χ1) is 10.4. The van der Waals surface area contributed by atoms with Crippen LogP contribution in [0.2, 0.25) is 0 Å². The monoisotopic (exact) mass is 301 g/mol. The van der Waals surface area contributed by atoms with Gasteiger partial charge in [-0.25, -0.2) is 4.79 Å². The molecule has 0 heterocycles. The van der Waals surface area contributed by atoms with Gasteiger partial charge in [-0.05, 0) is 24.1 Å². The normalized spacial score (nSPS) is 11.0. The van der Waals surface area contributed by atoms with Crippen molar-refractivity contribution < 1.29 is 19.8 Å². The zero-order valence-corrected chi connectivity index (χ0v) is 12.3. The summed E-state index contributed by atoms with van der Waals surface area (Å²) in [6, 6.07) is 16.3. The van der Waals surface area contributed by atoms with Crippen LogP contribution in [0.15, 0.2) is 54.6 Å². The van der Waals surface area contributed by atoms with E-state index in [1.807, 2.05) is 37.3 Å². The molecule has 2 aromatic carbocycles. The molecule has 0 spiro atoms. The molecule has 4 N–H and O–H groups in total. The lowest BCUT2D eigenvalue weighted by Crippen LogP contribution is -2.07. The van der Waals surface area contributed by atoms with Crippen LogP contribution in [0, 0.1) is 0 Å². The average Bonchev–Trinajstić information content (AvgIpc) is 2.48. The Morgan fingerprint density at radius 1 is 1.00 bits per heavy atom. The largest absolute Gasteiger partial charge is 0.481 e. The molecule has 1 unspecified atom stereocenters. The highest BCUT2D eigenvalue weighted by atomic mass is 16.4. The molecule has 1 atom stereocenters. The molecule has 0 fully saturated rings. The van der Waals surface area contributed by atoms with Crippen molar-refractivity contribution in [2.24, 2.45) is 5.73 Å². The molecule has 5 heteroatoms. The van der Waals surface area contributed by atoms with Crippen molar-refractivity contribution in [1.82, 2.24) is 0 Å². The van der Waals surface area contributed by atoms with E-state index in [-0.39, 0.29) is 18.0 Å². The van der Waals surface area contributed by atoms with Crippen LogP contribution in [-0.2, 0) is 11.2 Å². The van der Waals surface area contributed by atoms with Crippen LogP contribution in [0.3, 0.4) is 0 Å². The number of benzene rings is 2. The lowest BCUT2D eigenvalue weighted by molar-refractivity contribution is -0.136. The molecule has 22 heavy (non-hydrogen) atoms. The van der Waals surface area contributed by atoms with Crippen molar-refractivity contribution in [1.29, 1.82) is 0 Å². The Labute approximate surface area is 129 Å². The van der Waals surface area contributed by atoms with Crippen LogP contribution in [-0.4, -0.2) is 22.2 Å². The number of hydrogen-bond acceptors (Lipinski definition) is 3. The van der Waals surface area contributed by atoms with E-state index in [0.717, 1.165) is 0 Å². The predicted molar refractivity (Wildman–Crippen MR) is 83.8 cm³/mol. The standard InChI is InChI=1S/C9H8O4.C8H11N/c10-8(11)5-6-3-1-2-4-7(6)9(12)13;1-7(9)8-5-3-2-4-6-8/h1-4H,5H2,(H,10,11)(H,12,13);2-7H,9H2,1H3. The van der Waals surface area contributed by atoms with Crippen LogP contribution in [0.1, 0.15) is 34.5 Å². The lowest BCUT2D eigenvalue weighted by atomic mass is 10.1. The number of aliphatic carboxylic acids is 1. The molecule has 2 aromatic rings. The van der Waals surface area contributed by atoms with Gasteiger partial charge < -0.3 is 15.9 Å². The summed E-state index contributed by atoms with van der Waals surface area (Å²) >= 11 is 0. The van der Waals surface area contributed by atoms with E-state index in [0.29, 0.717) is 5.56 Å². The molecule has 116 valence electrons. The van der Waals surface area contributed by atoms with Gasteiger partial charge in [0.15, 0.2) is 0 Å². The Morgan fingerprint density at radius 2 is 1.55 bits per heavy atom. The second kappa shape index (κ2) is 8.59. The zero-order chi connectivity index (χ0) is 16.5. The highest BCUT2D eigenvalue weighted by Crippen LogP contribution is 2.09. The molecular weight excluding hydrogens is 282 g/mol. The van der Waals surface area contributed by atoms with Gasteiger partial charge >= 0.3 is 11.9 Å². The maximum Gasteiger partial charge on any atom is 0.335 e. The number of rotatable bonds is 4. The summed E-state index contributed by atoms with van der Waals surface area (Å²) < 4.78 is 0. The first-order valence-electron chi connectivity index (χ1n) is 6.75. The minimum atomic E-state index is -1.10. The molecule has 5 nitrogen and oxygen atoms in total. The summed E-state index contributed by atoms with van der Waals surface area (Å²) in [7, 11) is 0. The van der Waals surface area contributed by atoms with Crippen LogP contribution in [0.4, 0.5) is 0 Å². The molecule has 0 saturated heterocycles. The topological polar surface area (TPSA) is 101 Å². The van der Waals surface area contributed by atoms with Gasteiger partial charge in [0.2, 0.25) is 0 Å². The highest BCUT2D eigenvalue weighted by molar-refractivity contribution is 5.90. The molecule has 0 aliphatic heterocycles. The summed E-state index contributed by atoms with van der Waals surface area (Å²) in [4.78, 5) is 21.0. The van der Waals surface area contributed by atoms with Crippen molar-refractivity contribution in [3.05, 3.63) is 71.3 Å². The fraction of sp³-hybridized carbons (Fsp3) is 0.176. The highest BCUT2D eigenvalue weighted by Gasteiger charge is 2.10. The van der Waals surface area contributed by atoms with Gasteiger partial charge in [-0.15, -0.1) is 0 Å². The van der Waals surface area contributed by atoms with Crippen molar-refractivity contribution in [3.8, 4) is 0 Å². The maximum atomic E-state index is 10.6. The van der Waals surface area contributed by atoms with E-state index in [1.165, 1.54) is 17.7 Å². The second-order valence-corrected chi connectivity index (χ2v) is 4.73. The molecule has 0 bridgehead atoms. The third-order valence-electron chi connectivity index (χ3n) is 2.91. The number of aromatic carboxylic acids is 1. The van der Waals surface area contributed by atoms with E-state index < -0.39 is 11.9 Å². The van der Waals surface area contributed by atoms with Gasteiger partial charge in [0.25, 0.3) is 0 Å². The van der Waals surface area contributed by atoms with E-state index >= 15 is 0 Å². The van der Waals surface area contributed by atoms with E-state index in [4.69, 9.17) is 15.9 Å². The number of hydrogen-bond donors (Lipinski definition) is 3. The van der Waals surface area contributed by atoms with Crippen LogP contribution in [0.25, 0.3) is 0 Å². The van der Waals surface area contributed by atoms with Gasteiger partial charge in [-0.2, -0.15) is 0 Å². The number of carboxylic acid groups (broad SMARTS) is 2. The Bertz CT molecular complexity index is 624. The number of carbonyl (C=O) groups is 2. The fourth-order valence-electron chi connectivity index (χ4n) is 1.80. The van der Waals surface area contributed by atoms with Gasteiger partial charge in [-0.1, -0.05) is 48.5 Å². The van der Waals surface area contributed by atoms with Crippen LogP contribution >= 0.6 is 0 Å². The second-order valence-electron chi connectivity index (χ2n) is 4.73. The summed E-state index contributed by atoms with van der Waals surface area (Å²) in [5.74, 6) is -2.13. The Balaban J connectivity index is 0.000000235. The molecule has 0 aromatic heterocycles. The van der Waals surface area contributed by atoms with Crippen molar-refractivity contribution in [2.75, 3.05) is 0 Å². The quantitative estimate of drug-likeness (QED) is 0.806. The summed E-state index contributed by atoms with van der Waals surface area (Å²) in [6.07, 6.45) is -0.261. The fourth-order valence-corrected chi connectivity index (χ4v) is 1.80. The first kappa shape index (κ1) is 17.4. The molecule has 0 aliphatic carbocycles. The molecule has 0 amide bonds. The Kier molecular flexibility index (Phi) is 6.79. The van der Waals surface area contributed by atoms with Crippen LogP contribution < -0.4 is 5.73 Å². The van der Waals surface area contributed by atoms with Gasteiger partial charge in [0.05, 0.1) is 12.0 Å². The first-order valence-corrected chi connectivity index (χ1v) is 6.75. The zero-order valence-electron chi connectivity index (χ0n) is 12.3. The van der Waals surface area contributed by atoms with Crippen molar-refractivity contribution >= 4 is 11.9 Å². The molecule has 0 aliphatic rings. The number of carboxylic acids is 2. The van der Waals surface area contributed by atoms with Gasteiger partial charge in [0, 0.05) is 6.04 Å². The van der Waals surface area contributed by atoms with E-state index in [9.17, 15) is 9.59 Å². The number of nitrogens with two attached hydrogens (primary N) is 1. The minimum Gasteiger partial charge on any atom is -0.481 e. The lowest BCUT2D eigenvalue weighted by Gasteiger charge is -2.02. The third-order valence-corrected chi connectivity index (χ3v) is 2.91. The molecule has 2 rings (SSSR count). The Morgan fingerprint density at radius 3 is 2.00 bits per heavy atom. The minimum absolute atomic E-state index is 0.0462. The third kappa shape index (κ3) is 5.76. The maximum absolute atomic E-state index is 10.6. The Hall–Kier alpha value is -2.66. The van der Waals surface area contributed by atoms with E-state index in [1.54, 1.807) is 12.1 Å². The SMILES string of the molecule is CC(N)c1ccccc1.O=C(O)Cc1ccccc1C(=O)O. The molecule has 0 saturated carbocycles. The summed E-state index contributed by atoms with van der Waals surface area (Å²) in [5, 5.41) is 17.2.